The first-order valence-electron chi connectivity index (χ1n) is 9.22. The molecule has 1 N–H and O–H groups in total. The van der Waals surface area contributed by atoms with Crippen molar-refractivity contribution in [1.82, 2.24) is 15.1 Å². The summed E-state index contributed by atoms with van der Waals surface area (Å²) in [6, 6.07) is 10.2. The molecule has 32 heavy (non-hydrogen) atoms. The molecule has 0 atom stereocenters. The summed E-state index contributed by atoms with van der Waals surface area (Å²) in [5, 5.41) is 6.09. The molecule has 1 amide bonds. The number of aromatic nitrogens is 2. The number of aryl methyl sites for hydroxylation is 1. The van der Waals surface area contributed by atoms with Crippen molar-refractivity contribution >= 4 is 5.91 Å². The number of nitrogens with zero attached hydrogens (tertiary/aromatic N) is 2. The van der Waals surface area contributed by atoms with Crippen molar-refractivity contribution in [1.29, 1.82) is 0 Å². The largest absolute Gasteiger partial charge is 0.493 e. The number of benzene rings is 2. The minimum absolute atomic E-state index is 0.0408. The maximum absolute atomic E-state index is 13.7. The molecule has 1 heterocycles. The summed E-state index contributed by atoms with van der Waals surface area (Å²) >= 11 is 0. The highest BCUT2D eigenvalue weighted by Crippen LogP contribution is 2.34. The number of halogens is 5. The topological polar surface area (TPSA) is 65.4 Å². The highest BCUT2D eigenvalue weighted by Gasteiger charge is 2.40. The van der Waals surface area contributed by atoms with Gasteiger partial charge in [-0.1, -0.05) is 23.8 Å². The van der Waals surface area contributed by atoms with E-state index in [1.165, 1.54) is 37.4 Å². The van der Waals surface area contributed by atoms with Gasteiger partial charge in [-0.05, 0) is 36.8 Å². The Morgan fingerprint density at radius 3 is 2.41 bits per heavy atom. The minimum atomic E-state index is -4.85. The smallest absolute Gasteiger partial charge is 0.434 e. The molecule has 0 unspecified atom stereocenters. The molecule has 0 fully saturated rings. The highest BCUT2D eigenvalue weighted by molar-refractivity contribution is 5.95. The predicted octanol–water partition coefficient (Wildman–Crippen LogP) is 4.74. The number of carbonyl (C=O) groups excluding carboxylic acids is 1. The van der Waals surface area contributed by atoms with E-state index in [2.05, 4.69) is 15.2 Å². The molecule has 0 radical (unpaired) electrons. The Bertz CT molecular complexity index is 1100. The van der Waals surface area contributed by atoms with E-state index in [0.717, 1.165) is 11.8 Å². The van der Waals surface area contributed by atoms with Crippen LogP contribution in [-0.2, 0) is 12.7 Å². The molecule has 0 saturated heterocycles. The first-order valence-corrected chi connectivity index (χ1v) is 9.22. The van der Waals surface area contributed by atoms with Gasteiger partial charge in [0.25, 0.3) is 5.91 Å². The van der Waals surface area contributed by atoms with E-state index in [1.54, 1.807) is 19.1 Å². The molecular formula is C21H18F5N3O3. The van der Waals surface area contributed by atoms with Gasteiger partial charge in [0.1, 0.15) is 0 Å². The Hall–Kier alpha value is -3.63. The van der Waals surface area contributed by atoms with Crippen LogP contribution in [0.4, 0.5) is 22.0 Å². The van der Waals surface area contributed by atoms with E-state index in [9.17, 15) is 26.7 Å². The average Bonchev–Trinajstić information content (AvgIpc) is 3.18. The van der Waals surface area contributed by atoms with Gasteiger partial charge in [0.2, 0.25) is 0 Å². The van der Waals surface area contributed by atoms with Crippen molar-refractivity contribution in [2.24, 2.45) is 0 Å². The average molecular weight is 455 g/mol. The molecule has 2 aromatic carbocycles. The molecular weight excluding hydrogens is 437 g/mol. The van der Waals surface area contributed by atoms with Crippen molar-refractivity contribution in [2.45, 2.75) is 26.3 Å². The fourth-order valence-electron chi connectivity index (χ4n) is 2.97. The number of carbonyl (C=O) groups is 1. The summed E-state index contributed by atoms with van der Waals surface area (Å²) in [6.07, 6.45) is -4.02. The van der Waals surface area contributed by atoms with Gasteiger partial charge >= 0.3 is 12.8 Å². The van der Waals surface area contributed by atoms with E-state index < -0.39 is 30.0 Å². The van der Waals surface area contributed by atoms with Crippen LogP contribution in [0.3, 0.4) is 0 Å². The molecule has 3 rings (SSSR count). The first kappa shape index (κ1) is 23.0. The number of amides is 1. The second-order valence-corrected chi connectivity index (χ2v) is 6.70. The molecule has 1 aromatic heterocycles. The zero-order valence-electron chi connectivity index (χ0n) is 16.9. The fraction of sp³-hybridized carbons (Fsp3) is 0.238. The maximum Gasteiger partial charge on any atom is 0.434 e. The summed E-state index contributed by atoms with van der Waals surface area (Å²) in [5.41, 5.74) is -0.590. The van der Waals surface area contributed by atoms with E-state index >= 15 is 0 Å². The second-order valence-electron chi connectivity index (χ2n) is 6.70. The van der Waals surface area contributed by atoms with Gasteiger partial charge in [0, 0.05) is 6.54 Å². The normalized spacial score (nSPS) is 11.5. The molecule has 0 aliphatic carbocycles. The van der Waals surface area contributed by atoms with Gasteiger partial charge in [-0.15, -0.1) is 0 Å². The lowest BCUT2D eigenvalue weighted by molar-refractivity contribution is -0.143. The lowest BCUT2D eigenvalue weighted by atomic mass is 10.1. The van der Waals surface area contributed by atoms with Crippen molar-refractivity contribution in [3.05, 3.63) is 71.0 Å². The third-order valence-electron chi connectivity index (χ3n) is 4.46. The molecule has 0 aliphatic rings. The number of methoxy groups -OCH3 is 1. The van der Waals surface area contributed by atoms with E-state index in [0.29, 0.717) is 10.2 Å². The van der Waals surface area contributed by atoms with Crippen molar-refractivity contribution in [3.63, 3.8) is 0 Å². The SMILES string of the molecule is COc1ccc(CNC(=O)c2cnn(-c3ccc(C)cc3)c2C(F)(F)F)cc1OC(F)F. The first-order chi connectivity index (χ1) is 15.1. The summed E-state index contributed by atoms with van der Waals surface area (Å²) in [4.78, 5) is 12.5. The van der Waals surface area contributed by atoms with Crippen LogP contribution in [0, 0.1) is 6.92 Å². The van der Waals surface area contributed by atoms with Crippen molar-refractivity contribution in [3.8, 4) is 17.2 Å². The number of ether oxygens (including phenoxy) is 2. The third kappa shape index (κ3) is 5.16. The highest BCUT2D eigenvalue weighted by atomic mass is 19.4. The van der Waals surface area contributed by atoms with Crippen LogP contribution in [0.1, 0.15) is 27.2 Å². The summed E-state index contributed by atoms with van der Waals surface area (Å²) in [5.74, 6) is -1.25. The van der Waals surface area contributed by atoms with Gasteiger partial charge in [-0.2, -0.15) is 27.1 Å². The van der Waals surface area contributed by atoms with Crippen LogP contribution in [-0.4, -0.2) is 29.4 Å². The summed E-state index contributed by atoms with van der Waals surface area (Å²) < 4.78 is 76.3. The molecule has 3 aromatic rings. The zero-order chi connectivity index (χ0) is 23.5. The van der Waals surface area contributed by atoms with Crippen molar-refractivity contribution < 1.29 is 36.2 Å². The number of nitrogens with one attached hydrogen (secondary N) is 1. The molecule has 0 bridgehead atoms. The molecule has 0 spiro atoms. The van der Waals surface area contributed by atoms with Crippen LogP contribution in [0.2, 0.25) is 0 Å². The maximum atomic E-state index is 13.7. The fourth-order valence-corrected chi connectivity index (χ4v) is 2.97. The zero-order valence-corrected chi connectivity index (χ0v) is 16.9. The molecule has 0 aliphatic heterocycles. The molecule has 6 nitrogen and oxygen atoms in total. The lowest BCUT2D eigenvalue weighted by Gasteiger charge is -2.14. The third-order valence-corrected chi connectivity index (χ3v) is 4.46. The summed E-state index contributed by atoms with van der Waals surface area (Å²) in [6.45, 7) is -1.56. The standard InChI is InChI=1S/C21H18F5N3O3/c1-12-3-6-14(7-4-12)29-18(21(24,25)26)15(11-28-29)19(30)27-10-13-5-8-16(31-2)17(9-13)32-20(22)23/h3-9,11,20H,10H2,1-2H3,(H,27,30). The Morgan fingerprint density at radius 1 is 1.12 bits per heavy atom. The van der Waals surface area contributed by atoms with Gasteiger partial charge in [0.15, 0.2) is 17.2 Å². The molecule has 170 valence electrons. The Morgan fingerprint density at radius 2 is 1.81 bits per heavy atom. The van der Waals surface area contributed by atoms with Crippen molar-refractivity contribution in [2.75, 3.05) is 7.11 Å². The van der Waals surface area contributed by atoms with Gasteiger partial charge < -0.3 is 14.8 Å². The second kappa shape index (κ2) is 9.25. The lowest BCUT2D eigenvalue weighted by Crippen LogP contribution is -2.26. The summed E-state index contributed by atoms with van der Waals surface area (Å²) in [7, 11) is 1.26. The van der Waals surface area contributed by atoms with Crippen LogP contribution in [0.25, 0.3) is 5.69 Å². The van der Waals surface area contributed by atoms with Gasteiger partial charge in [-0.25, -0.2) is 4.68 Å². The monoisotopic (exact) mass is 455 g/mol. The van der Waals surface area contributed by atoms with Crippen LogP contribution in [0.5, 0.6) is 11.5 Å². The number of alkyl halides is 5. The predicted molar refractivity (Wildman–Crippen MR) is 104 cm³/mol. The van der Waals surface area contributed by atoms with Crippen LogP contribution in [0.15, 0.2) is 48.7 Å². The van der Waals surface area contributed by atoms with Crippen LogP contribution >= 0.6 is 0 Å². The molecule has 11 heteroatoms. The number of hydrogen-bond donors (Lipinski definition) is 1. The van der Waals surface area contributed by atoms with E-state index in [-0.39, 0.29) is 23.7 Å². The Balaban J connectivity index is 1.85. The number of rotatable bonds is 7. The van der Waals surface area contributed by atoms with Gasteiger partial charge in [-0.3, -0.25) is 4.79 Å². The quantitative estimate of drug-likeness (QED) is 0.523. The minimum Gasteiger partial charge on any atom is -0.493 e. The van der Waals surface area contributed by atoms with E-state index in [4.69, 9.17) is 4.74 Å². The Labute approximate surface area is 179 Å². The van der Waals surface area contributed by atoms with Gasteiger partial charge in [0.05, 0.1) is 24.6 Å². The van der Waals surface area contributed by atoms with Crippen LogP contribution < -0.4 is 14.8 Å². The van der Waals surface area contributed by atoms with E-state index in [1.807, 2.05) is 0 Å². The number of hydrogen-bond acceptors (Lipinski definition) is 4. The Kier molecular flexibility index (Phi) is 6.66. The molecule has 0 saturated carbocycles.